The Balaban J connectivity index is 0.987. The third-order valence-corrected chi connectivity index (χ3v) is 11.2. The number of rotatable bonds is 6. The van der Waals surface area contributed by atoms with Crippen LogP contribution in [0.1, 0.15) is 17.9 Å². The van der Waals surface area contributed by atoms with Gasteiger partial charge in [-0.1, -0.05) is 146 Å². The molecule has 260 valence electrons. The first-order valence-corrected chi connectivity index (χ1v) is 18.9. The molecule has 0 amide bonds. The molecule has 0 N–H and O–H groups in total. The fourth-order valence-electron chi connectivity index (χ4n) is 8.54. The lowest BCUT2D eigenvalue weighted by molar-refractivity contribution is 0.669. The van der Waals surface area contributed by atoms with E-state index in [4.69, 9.17) is 8.83 Å². The minimum Gasteiger partial charge on any atom is -0.456 e. The lowest BCUT2D eigenvalue weighted by Gasteiger charge is -2.31. The van der Waals surface area contributed by atoms with Crippen molar-refractivity contribution in [1.29, 1.82) is 0 Å². The maximum Gasteiger partial charge on any atom is 0.143 e. The average molecular weight is 706 g/mol. The molecule has 0 bridgehead atoms. The molecule has 3 nitrogen and oxygen atoms in total. The van der Waals surface area contributed by atoms with Gasteiger partial charge < -0.3 is 13.7 Å². The Bertz CT molecular complexity index is 3130. The van der Waals surface area contributed by atoms with Crippen LogP contribution in [0.5, 0.6) is 0 Å². The van der Waals surface area contributed by atoms with Crippen LogP contribution in [-0.4, -0.2) is 0 Å². The average Bonchev–Trinajstić information content (AvgIpc) is 3.84. The largest absolute Gasteiger partial charge is 0.456 e. The van der Waals surface area contributed by atoms with Crippen molar-refractivity contribution in [3.8, 4) is 22.3 Å². The van der Waals surface area contributed by atoms with Crippen molar-refractivity contribution in [3.63, 3.8) is 0 Å². The molecule has 1 aliphatic carbocycles. The fourth-order valence-corrected chi connectivity index (χ4v) is 8.54. The van der Waals surface area contributed by atoms with Crippen molar-refractivity contribution in [3.05, 3.63) is 205 Å². The predicted octanol–water partition coefficient (Wildman–Crippen LogP) is 14.7. The van der Waals surface area contributed by atoms with Crippen molar-refractivity contribution in [2.24, 2.45) is 0 Å². The molecule has 0 fully saturated rings. The Morgan fingerprint density at radius 1 is 0.491 bits per heavy atom. The number of anilines is 2. The predicted molar refractivity (Wildman–Crippen MR) is 229 cm³/mol. The van der Waals surface area contributed by atoms with Gasteiger partial charge in [-0.25, -0.2) is 0 Å². The zero-order valence-electron chi connectivity index (χ0n) is 30.0. The van der Waals surface area contributed by atoms with Gasteiger partial charge in [0.1, 0.15) is 22.3 Å². The zero-order valence-corrected chi connectivity index (χ0v) is 30.0. The summed E-state index contributed by atoms with van der Waals surface area (Å²) in [6, 6.07) is 62.5. The Labute approximate surface area is 318 Å². The van der Waals surface area contributed by atoms with Crippen LogP contribution in [-0.2, 0) is 0 Å². The Morgan fingerprint density at radius 2 is 1.18 bits per heavy atom. The zero-order chi connectivity index (χ0) is 36.3. The summed E-state index contributed by atoms with van der Waals surface area (Å²) in [6.07, 6.45) is 7.96. The summed E-state index contributed by atoms with van der Waals surface area (Å²) in [5, 5.41) is 7.09. The van der Waals surface area contributed by atoms with Gasteiger partial charge in [-0.3, -0.25) is 0 Å². The van der Waals surface area contributed by atoms with E-state index in [0.717, 1.165) is 73.1 Å². The number of fused-ring (bicyclic) bond motifs is 8. The molecular weight excluding hydrogens is 671 g/mol. The molecule has 55 heavy (non-hydrogen) atoms. The molecule has 2 heterocycles. The van der Waals surface area contributed by atoms with Crippen molar-refractivity contribution in [2.45, 2.75) is 12.3 Å². The van der Waals surface area contributed by atoms with E-state index in [1.54, 1.807) is 0 Å². The first kappa shape index (κ1) is 31.4. The molecule has 0 saturated heterocycles. The summed E-state index contributed by atoms with van der Waals surface area (Å²) < 4.78 is 12.7. The van der Waals surface area contributed by atoms with E-state index in [2.05, 4.69) is 181 Å². The molecular formula is C52H35NO2. The van der Waals surface area contributed by atoms with E-state index in [-0.39, 0.29) is 5.92 Å². The molecule has 1 atom stereocenters. The number of hydrogen-bond donors (Lipinski definition) is 0. The number of nitrogens with zero attached hydrogens (tertiary/aromatic N) is 1. The molecule has 1 unspecified atom stereocenters. The number of allylic oxidation sites excluding steroid dienone is 3. The number of furan rings is 2. The normalized spacial score (nSPS) is 14.3. The maximum absolute atomic E-state index is 6.42. The van der Waals surface area contributed by atoms with Gasteiger partial charge in [-0.15, -0.1) is 0 Å². The highest BCUT2D eigenvalue weighted by Crippen LogP contribution is 2.43. The van der Waals surface area contributed by atoms with Crippen LogP contribution in [0.2, 0.25) is 0 Å². The van der Waals surface area contributed by atoms with Gasteiger partial charge in [-0.2, -0.15) is 0 Å². The van der Waals surface area contributed by atoms with Crippen LogP contribution in [0.4, 0.5) is 11.4 Å². The third kappa shape index (κ3) is 5.27. The molecule has 8 aromatic carbocycles. The summed E-state index contributed by atoms with van der Waals surface area (Å²) >= 11 is 0. The SMILES string of the molecule is C1=CC(c2ccc3ccc4oc5ccccc5c4c3c2)CC=C1N(c1ccc(-c2cccc3c2oc2ccccc23)cc1)c1ccccc1-c1ccccc1. The Morgan fingerprint density at radius 3 is 2.02 bits per heavy atom. The Kier molecular flexibility index (Phi) is 7.31. The van der Waals surface area contributed by atoms with E-state index in [1.807, 2.05) is 18.2 Å². The van der Waals surface area contributed by atoms with Crippen molar-refractivity contribution in [1.82, 2.24) is 0 Å². The number of benzene rings is 8. The van der Waals surface area contributed by atoms with Gasteiger partial charge in [-0.05, 0) is 82.4 Å². The smallest absolute Gasteiger partial charge is 0.143 e. The first-order chi connectivity index (χ1) is 27.3. The standard InChI is InChI=1S/C52H35NO2/c1-2-11-35(12-3-1)41-13-4-7-18-47(41)53(40-30-25-36(26-31-40)42-16-10-17-44-43-14-5-8-19-48(43)55-52(42)44)39-28-23-34(24-29-39)38-22-21-37-27-32-50-51(46(37)33-38)45-15-6-9-20-49(45)54-50/h1-23,25-34H,24H2. The van der Waals surface area contributed by atoms with Gasteiger partial charge in [0.2, 0.25) is 0 Å². The maximum atomic E-state index is 6.42. The van der Waals surface area contributed by atoms with E-state index < -0.39 is 0 Å². The van der Waals surface area contributed by atoms with Crippen LogP contribution in [0.3, 0.4) is 0 Å². The molecule has 0 spiro atoms. The van der Waals surface area contributed by atoms with Crippen molar-refractivity contribution >= 4 is 66.0 Å². The topological polar surface area (TPSA) is 29.5 Å². The van der Waals surface area contributed by atoms with E-state index in [1.165, 1.54) is 32.8 Å². The monoisotopic (exact) mass is 705 g/mol. The summed E-state index contributed by atoms with van der Waals surface area (Å²) in [5.74, 6) is 0.250. The minimum atomic E-state index is 0.250. The number of para-hydroxylation sites is 4. The van der Waals surface area contributed by atoms with E-state index in [0.29, 0.717) is 0 Å². The quantitative estimate of drug-likeness (QED) is 0.172. The summed E-state index contributed by atoms with van der Waals surface area (Å²) in [6.45, 7) is 0. The van der Waals surface area contributed by atoms with Crippen molar-refractivity contribution in [2.75, 3.05) is 4.90 Å². The van der Waals surface area contributed by atoms with E-state index >= 15 is 0 Å². The highest BCUT2D eigenvalue weighted by Gasteiger charge is 2.22. The second kappa shape index (κ2) is 12.8. The second-order valence-electron chi connectivity index (χ2n) is 14.4. The first-order valence-electron chi connectivity index (χ1n) is 18.9. The van der Waals surface area contributed by atoms with Crippen LogP contribution in [0.15, 0.2) is 209 Å². The molecule has 2 aromatic heterocycles. The van der Waals surface area contributed by atoms with Gasteiger partial charge in [0, 0.05) is 50.0 Å². The van der Waals surface area contributed by atoms with Crippen LogP contribution >= 0.6 is 0 Å². The summed E-state index contributed by atoms with van der Waals surface area (Å²) in [7, 11) is 0. The highest BCUT2D eigenvalue weighted by molar-refractivity contribution is 6.19. The van der Waals surface area contributed by atoms with Gasteiger partial charge in [0.15, 0.2) is 0 Å². The summed E-state index contributed by atoms with van der Waals surface area (Å²) in [4.78, 5) is 2.40. The van der Waals surface area contributed by atoms with Gasteiger partial charge in [0.25, 0.3) is 0 Å². The Hall–Kier alpha value is -7.10. The van der Waals surface area contributed by atoms with E-state index in [9.17, 15) is 0 Å². The van der Waals surface area contributed by atoms with Crippen LogP contribution in [0, 0.1) is 0 Å². The second-order valence-corrected chi connectivity index (χ2v) is 14.4. The molecule has 0 radical (unpaired) electrons. The summed E-state index contributed by atoms with van der Waals surface area (Å²) in [5.41, 5.74) is 12.9. The van der Waals surface area contributed by atoms with Gasteiger partial charge in [0.05, 0.1) is 5.69 Å². The number of hydrogen-bond acceptors (Lipinski definition) is 3. The minimum absolute atomic E-state index is 0.250. The molecule has 3 heteroatoms. The third-order valence-electron chi connectivity index (χ3n) is 11.2. The fraction of sp³-hybridized carbons (Fsp3) is 0.0385. The van der Waals surface area contributed by atoms with Crippen molar-refractivity contribution < 1.29 is 8.83 Å². The van der Waals surface area contributed by atoms with Gasteiger partial charge >= 0.3 is 0 Å². The highest BCUT2D eigenvalue weighted by atomic mass is 16.3. The lowest BCUT2D eigenvalue weighted by Crippen LogP contribution is -2.18. The molecule has 11 rings (SSSR count). The lowest BCUT2D eigenvalue weighted by atomic mass is 9.89. The van der Waals surface area contributed by atoms with Crippen LogP contribution < -0.4 is 4.90 Å². The molecule has 0 aliphatic heterocycles. The van der Waals surface area contributed by atoms with Crippen LogP contribution in [0.25, 0.3) is 76.9 Å². The molecule has 1 aliphatic rings. The molecule has 10 aromatic rings. The molecule has 0 saturated carbocycles.